The van der Waals surface area contributed by atoms with Crippen molar-refractivity contribution < 1.29 is 0 Å². The smallest absolute Gasteiger partial charge is 0.100 e. The van der Waals surface area contributed by atoms with Crippen LogP contribution in [0, 0.1) is 0 Å². The number of aliphatic imine (C=N–C) groups is 1. The van der Waals surface area contributed by atoms with Gasteiger partial charge in [0.2, 0.25) is 0 Å². The number of amidine groups is 1. The van der Waals surface area contributed by atoms with Gasteiger partial charge in [-0.3, -0.25) is 4.99 Å². The summed E-state index contributed by atoms with van der Waals surface area (Å²) in [4.78, 5) is 7.39. The maximum atomic E-state index is 5.08. The van der Waals surface area contributed by atoms with Crippen LogP contribution in [0.5, 0.6) is 0 Å². The molecule has 0 spiro atoms. The summed E-state index contributed by atoms with van der Waals surface area (Å²) >= 11 is 0. The molecule has 1 unspecified atom stereocenters. The zero-order chi connectivity index (χ0) is 15.6. The molecule has 1 fully saturated rings. The molecule has 1 saturated heterocycles. The van der Waals surface area contributed by atoms with Crippen LogP contribution in [0.3, 0.4) is 0 Å². The molecule has 2 nitrogen and oxygen atoms in total. The summed E-state index contributed by atoms with van der Waals surface area (Å²) in [5, 5.41) is 0. The van der Waals surface area contributed by atoms with E-state index in [1.807, 2.05) is 0 Å². The van der Waals surface area contributed by atoms with Crippen LogP contribution in [0.1, 0.15) is 37.3 Å². The molecule has 0 N–H and O–H groups in total. The van der Waals surface area contributed by atoms with Gasteiger partial charge in [-0.1, -0.05) is 60.7 Å². The van der Waals surface area contributed by atoms with Crippen LogP contribution in [0.15, 0.2) is 65.7 Å². The second-order valence-corrected chi connectivity index (χ2v) is 6.65. The fourth-order valence-electron chi connectivity index (χ4n) is 3.19. The molecule has 1 heterocycles. The van der Waals surface area contributed by atoms with Crippen molar-refractivity contribution in [3.63, 3.8) is 0 Å². The van der Waals surface area contributed by atoms with Crippen molar-refractivity contribution in [2.45, 2.75) is 31.7 Å². The van der Waals surface area contributed by atoms with Crippen molar-refractivity contribution in [1.29, 1.82) is 0 Å². The lowest BCUT2D eigenvalue weighted by atomic mass is 9.94. The number of nitrogens with zero attached hydrogens (tertiary/aromatic N) is 2. The summed E-state index contributed by atoms with van der Waals surface area (Å²) in [6.07, 6.45) is 1.02. The third kappa shape index (κ3) is 3.06. The quantitative estimate of drug-likeness (QED) is 0.816. The number of hydrogen-bond donors (Lipinski definition) is 0. The Labute approximate surface area is 133 Å². The van der Waals surface area contributed by atoms with Crippen LogP contribution in [-0.2, 0) is 5.54 Å². The highest BCUT2D eigenvalue weighted by Crippen LogP contribution is 2.31. The van der Waals surface area contributed by atoms with Gasteiger partial charge in [-0.15, -0.1) is 0 Å². The molecule has 0 aromatic heterocycles. The van der Waals surface area contributed by atoms with Gasteiger partial charge in [-0.2, -0.15) is 0 Å². The SMILES string of the molecule is CN1CC(c2ccccc2)C/C1=N\C(C)(C)c1ccccc1. The van der Waals surface area contributed by atoms with Gasteiger partial charge in [-0.05, 0) is 25.0 Å². The van der Waals surface area contributed by atoms with E-state index < -0.39 is 0 Å². The number of hydrogen-bond acceptors (Lipinski definition) is 1. The standard InChI is InChI=1S/C20H24N2/c1-20(2,18-12-8-5-9-13-18)21-19-14-17(15-22(19)3)16-10-6-4-7-11-16/h4-13,17H,14-15H2,1-3H3/b21-19+. The normalized spacial score (nSPS) is 20.6. The molecule has 0 saturated carbocycles. The fraction of sp³-hybridized carbons (Fsp3) is 0.350. The van der Waals surface area contributed by atoms with Gasteiger partial charge in [0.05, 0.1) is 5.54 Å². The molecule has 2 heteroatoms. The Morgan fingerprint density at radius 3 is 2.18 bits per heavy atom. The predicted molar refractivity (Wildman–Crippen MR) is 93.3 cm³/mol. The van der Waals surface area contributed by atoms with Crippen LogP contribution in [-0.4, -0.2) is 24.3 Å². The number of likely N-dealkylation sites (tertiary alicyclic amines) is 1. The summed E-state index contributed by atoms with van der Waals surface area (Å²) in [5.74, 6) is 1.76. The van der Waals surface area contributed by atoms with E-state index in [0.29, 0.717) is 5.92 Å². The molecule has 0 aliphatic carbocycles. The average molecular weight is 292 g/mol. The first-order chi connectivity index (χ1) is 10.6. The molecule has 0 radical (unpaired) electrons. The van der Waals surface area contributed by atoms with E-state index in [-0.39, 0.29) is 5.54 Å². The minimum Gasteiger partial charge on any atom is -0.363 e. The van der Waals surface area contributed by atoms with E-state index in [1.165, 1.54) is 17.0 Å². The first-order valence-electron chi connectivity index (χ1n) is 7.96. The molecule has 1 aliphatic heterocycles. The van der Waals surface area contributed by atoms with Crippen molar-refractivity contribution >= 4 is 5.84 Å². The molecule has 1 aliphatic rings. The van der Waals surface area contributed by atoms with E-state index in [4.69, 9.17) is 4.99 Å². The topological polar surface area (TPSA) is 15.6 Å². The Morgan fingerprint density at radius 1 is 0.955 bits per heavy atom. The van der Waals surface area contributed by atoms with Crippen LogP contribution >= 0.6 is 0 Å². The Morgan fingerprint density at radius 2 is 1.55 bits per heavy atom. The van der Waals surface area contributed by atoms with Crippen LogP contribution < -0.4 is 0 Å². The third-order valence-corrected chi connectivity index (χ3v) is 4.52. The molecule has 22 heavy (non-hydrogen) atoms. The minimum absolute atomic E-state index is 0.184. The monoisotopic (exact) mass is 292 g/mol. The predicted octanol–water partition coefficient (Wildman–Crippen LogP) is 4.44. The zero-order valence-electron chi connectivity index (χ0n) is 13.7. The van der Waals surface area contributed by atoms with Crippen LogP contribution in [0.4, 0.5) is 0 Å². The van der Waals surface area contributed by atoms with E-state index >= 15 is 0 Å². The minimum atomic E-state index is -0.184. The van der Waals surface area contributed by atoms with Crippen molar-refractivity contribution in [1.82, 2.24) is 4.90 Å². The Balaban J connectivity index is 1.83. The van der Waals surface area contributed by atoms with Crippen molar-refractivity contribution in [3.05, 3.63) is 71.8 Å². The average Bonchev–Trinajstić information content (AvgIpc) is 2.89. The van der Waals surface area contributed by atoms with Crippen LogP contribution in [0.2, 0.25) is 0 Å². The van der Waals surface area contributed by atoms with E-state index in [0.717, 1.165) is 13.0 Å². The highest BCUT2D eigenvalue weighted by Gasteiger charge is 2.29. The van der Waals surface area contributed by atoms with Gasteiger partial charge in [0.25, 0.3) is 0 Å². The lowest BCUT2D eigenvalue weighted by Gasteiger charge is -2.23. The molecule has 0 bridgehead atoms. The van der Waals surface area contributed by atoms with E-state index in [2.05, 4.69) is 86.5 Å². The van der Waals surface area contributed by atoms with Gasteiger partial charge >= 0.3 is 0 Å². The Hall–Kier alpha value is -2.09. The largest absolute Gasteiger partial charge is 0.363 e. The molecule has 3 rings (SSSR count). The zero-order valence-corrected chi connectivity index (χ0v) is 13.7. The second kappa shape index (κ2) is 5.96. The molecule has 114 valence electrons. The van der Waals surface area contributed by atoms with E-state index in [9.17, 15) is 0 Å². The lowest BCUT2D eigenvalue weighted by molar-refractivity contribution is 0.498. The highest BCUT2D eigenvalue weighted by atomic mass is 15.2. The fourth-order valence-corrected chi connectivity index (χ4v) is 3.19. The van der Waals surface area contributed by atoms with E-state index in [1.54, 1.807) is 0 Å². The van der Waals surface area contributed by atoms with Gasteiger partial charge in [0.1, 0.15) is 5.84 Å². The summed E-state index contributed by atoms with van der Waals surface area (Å²) in [7, 11) is 2.16. The highest BCUT2D eigenvalue weighted by molar-refractivity contribution is 5.85. The first kappa shape index (κ1) is 14.8. The third-order valence-electron chi connectivity index (χ3n) is 4.52. The maximum Gasteiger partial charge on any atom is 0.100 e. The molecular weight excluding hydrogens is 268 g/mol. The maximum absolute atomic E-state index is 5.08. The van der Waals surface area contributed by atoms with Crippen molar-refractivity contribution in [2.24, 2.45) is 4.99 Å². The second-order valence-electron chi connectivity index (χ2n) is 6.65. The number of rotatable bonds is 3. The van der Waals surface area contributed by atoms with Gasteiger partial charge in [-0.25, -0.2) is 0 Å². The molecule has 0 amide bonds. The molecule has 1 atom stereocenters. The first-order valence-corrected chi connectivity index (χ1v) is 7.96. The van der Waals surface area contributed by atoms with Crippen molar-refractivity contribution in [3.8, 4) is 0 Å². The Kier molecular flexibility index (Phi) is 4.02. The molecular formula is C20H24N2. The molecule has 2 aromatic rings. The molecule has 2 aromatic carbocycles. The lowest BCUT2D eigenvalue weighted by Crippen LogP contribution is -2.24. The van der Waals surface area contributed by atoms with Gasteiger partial charge < -0.3 is 4.90 Å². The van der Waals surface area contributed by atoms with Gasteiger partial charge in [0, 0.05) is 25.9 Å². The van der Waals surface area contributed by atoms with Crippen LogP contribution in [0.25, 0.3) is 0 Å². The summed E-state index contributed by atoms with van der Waals surface area (Å²) in [5.41, 5.74) is 2.49. The summed E-state index contributed by atoms with van der Waals surface area (Å²) in [6, 6.07) is 21.3. The number of likely N-dealkylation sites (N-methyl/N-ethyl adjacent to an activating group) is 1. The Bertz CT molecular complexity index is 644. The van der Waals surface area contributed by atoms with Crippen molar-refractivity contribution in [2.75, 3.05) is 13.6 Å². The van der Waals surface area contributed by atoms with Gasteiger partial charge in [0.15, 0.2) is 0 Å². The summed E-state index contributed by atoms with van der Waals surface area (Å²) < 4.78 is 0. The summed E-state index contributed by atoms with van der Waals surface area (Å²) in [6.45, 7) is 5.44. The number of benzene rings is 2.